The predicted octanol–water partition coefficient (Wildman–Crippen LogP) is 5.43. The third-order valence-electron chi connectivity index (χ3n) is 6.08. The summed E-state index contributed by atoms with van der Waals surface area (Å²) in [5.41, 5.74) is 8.53. The highest BCUT2D eigenvalue weighted by atomic mass is 16.5. The molecule has 0 bridgehead atoms. The lowest BCUT2D eigenvalue weighted by atomic mass is 9.88. The van der Waals surface area contributed by atoms with Gasteiger partial charge in [0.15, 0.2) is 0 Å². The summed E-state index contributed by atoms with van der Waals surface area (Å²) in [6.07, 6.45) is 11.5. The topological polar surface area (TPSA) is 30.5 Å². The number of nitrogens with one attached hydrogen (secondary N) is 1. The number of rotatable bonds is 8. The van der Waals surface area contributed by atoms with Crippen molar-refractivity contribution < 1.29 is 9.47 Å². The lowest BCUT2D eigenvalue weighted by Gasteiger charge is -2.20. The van der Waals surface area contributed by atoms with Gasteiger partial charge >= 0.3 is 0 Å². The fraction of sp³-hybridized carbons (Fsp3) is 0.385. The van der Waals surface area contributed by atoms with Gasteiger partial charge in [-0.05, 0) is 109 Å². The molecular formula is C26H31NO2. The Morgan fingerprint density at radius 1 is 0.724 bits per heavy atom. The molecule has 4 rings (SSSR count). The summed E-state index contributed by atoms with van der Waals surface area (Å²) in [5.74, 6) is 1.89. The van der Waals surface area contributed by atoms with Crippen LogP contribution < -0.4 is 14.8 Å². The van der Waals surface area contributed by atoms with Gasteiger partial charge in [0, 0.05) is 0 Å². The Morgan fingerprint density at radius 2 is 1.21 bits per heavy atom. The minimum Gasteiger partial charge on any atom is -0.497 e. The summed E-state index contributed by atoms with van der Waals surface area (Å²) in [7, 11) is 3.48. The molecular weight excluding hydrogens is 358 g/mol. The number of aryl methyl sites for hydroxylation is 2. The zero-order valence-corrected chi connectivity index (χ0v) is 17.6. The van der Waals surface area contributed by atoms with E-state index in [2.05, 4.69) is 53.9 Å². The van der Waals surface area contributed by atoms with E-state index < -0.39 is 0 Å². The van der Waals surface area contributed by atoms with Gasteiger partial charge in [0.2, 0.25) is 0 Å². The van der Waals surface area contributed by atoms with Crippen molar-refractivity contribution in [3.63, 3.8) is 0 Å². The van der Waals surface area contributed by atoms with Gasteiger partial charge < -0.3 is 14.8 Å². The molecule has 0 fully saturated rings. The van der Waals surface area contributed by atoms with Gasteiger partial charge in [0.25, 0.3) is 0 Å². The molecule has 2 aromatic carbocycles. The van der Waals surface area contributed by atoms with Crippen molar-refractivity contribution in [1.29, 1.82) is 0 Å². The number of fused-ring (bicyclic) bond motifs is 2. The molecule has 0 radical (unpaired) electrons. The van der Waals surface area contributed by atoms with Gasteiger partial charge in [-0.25, -0.2) is 0 Å². The lowest BCUT2D eigenvalue weighted by Crippen LogP contribution is -2.18. The van der Waals surface area contributed by atoms with Crippen molar-refractivity contribution in [3.05, 3.63) is 70.8 Å². The van der Waals surface area contributed by atoms with Crippen LogP contribution in [0.5, 0.6) is 11.5 Å². The van der Waals surface area contributed by atoms with E-state index in [1.54, 1.807) is 14.2 Å². The van der Waals surface area contributed by atoms with Crippen LogP contribution >= 0.6 is 0 Å². The van der Waals surface area contributed by atoms with Crippen molar-refractivity contribution in [2.24, 2.45) is 0 Å². The van der Waals surface area contributed by atoms with Crippen LogP contribution in [0.1, 0.15) is 47.9 Å². The van der Waals surface area contributed by atoms with Crippen LogP contribution in [0.3, 0.4) is 0 Å². The maximum Gasteiger partial charge on any atom is 0.119 e. The van der Waals surface area contributed by atoms with Crippen LogP contribution in [0.2, 0.25) is 0 Å². The largest absolute Gasteiger partial charge is 0.497 e. The second kappa shape index (κ2) is 9.32. The van der Waals surface area contributed by atoms with Crippen LogP contribution in [0.25, 0.3) is 11.1 Å². The molecule has 0 amide bonds. The zero-order chi connectivity index (χ0) is 20.1. The Hall–Kier alpha value is -2.52. The third kappa shape index (κ3) is 4.56. The molecule has 0 atom stereocenters. The van der Waals surface area contributed by atoms with E-state index >= 15 is 0 Å². The van der Waals surface area contributed by atoms with E-state index in [1.807, 2.05) is 0 Å². The van der Waals surface area contributed by atoms with E-state index in [-0.39, 0.29) is 0 Å². The Kier molecular flexibility index (Phi) is 6.36. The van der Waals surface area contributed by atoms with E-state index in [0.717, 1.165) is 63.1 Å². The van der Waals surface area contributed by atoms with Crippen molar-refractivity contribution >= 4 is 11.1 Å². The van der Waals surface area contributed by atoms with E-state index in [0.29, 0.717) is 0 Å². The van der Waals surface area contributed by atoms with Gasteiger partial charge in [-0.3, -0.25) is 0 Å². The second-order valence-corrected chi connectivity index (χ2v) is 7.83. The summed E-state index contributed by atoms with van der Waals surface area (Å²) >= 11 is 0. The van der Waals surface area contributed by atoms with Crippen molar-refractivity contribution in [2.75, 3.05) is 27.3 Å². The van der Waals surface area contributed by atoms with Crippen LogP contribution in [0.4, 0.5) is 0 Å². The monoisotopic (exact) mass is 389 g/mol. The average Bonchev–Trinajstić information content (AvgIpc) is 2.78. The zero-order valence-electron chi connectivity index (χ0n) is 17.6. The molecule has 0 heterocycles. The number of allylic oxidation sites excluding steroid dienone is 2. The summed E-state index contributed by atoms with van der Waals surface area (Å²) in [6, 6.07) is 13.0. The van der Waals surface area contributed by atoms with E-state index in [4.69, 9.17) is 9.47 Å². The number of methoxy groups -OCH3 is 2. The average molecular weight is 390 g/mol. The number of benzene rings is 2. The van der Waals surface area contributed by atoms with Crippen LogP contribution in [-0.4, -0.2) is 27.3 Å². The Balaban J connectivity index is 1.31. The van der Waals surface area contributed by atoms with Gasteiger partial charge in [0.1, 0.15) is 11.5 Å². The molecule has 29 heavy (non-hydrogen) atoms. The SMILES string of the molecule is COc1ccc2c(c1)C(CCNCCC1=CCCc3ccc(OC)cc31)=CCC2. The minimum atomic E-state index is 0.947. The van der Waals surface area contributed by atoms with Crippen LogP contribution in [-0.2, 0) is 12.8 Å². The highest BCUT2D eigenvalue weighted by Gasteiger charge is 2.15. The first-order chi connectivity index (χ1) is 14.3. The molecule has 1 N–H and O–H groups in total. The standard InChI is InChI=1S/C26H31NO2/c1-28-23-11-9-19-5-3-7-21(25(19)17-23)13-15-27-16-14-22-8-4-6-20-10-12-24(29-2)18-26(20)22/h7-12,17-18,27H,3-6,13-16H2,1-2H3. The van der Waals surface area contributed by atoms with Crippen LogP contribution in [0.15, 0.2) is 48.6 Å². The van der Waals surface area contributed by atoms with Gasteiger partial charge in [0.05, 0.1) is 14.2 Å². The lowest BCUT2D eigenvalue weighted by molar-refractivity contribution is 0.414. The normalized spacial score (nSPS) is 15.1. The molecule has 3 nitrogen and oxygen atoms in total. The minimum absolute atomic E-state index is 0.947. The molecule has 152 valence electrons. The quantitative estimate of drug-likeness (QED) is 0.611. The highest BCUT2D eigenvalue weighted by molar-refractivity contribution is 5.72. The predicted molar refractivity (Wildman–Crippen MR) is 121 cm³/mol. The fourth-order valence-electron chi connectivity index (χ4n) is 4.47. The first-order valence-electron chi connectivity index (χ1n) is 10.7. The molecule has 0 unspecified atom stereocenters. The summed E-state index contributed by atoms with van der Waals surface area (Å²) in [6.45, 7) is 2.00. The molecule has 3 heteroatoms. The fourth-order valence-corrected chi connectivity index (χ4v) is 4.47. The van der Waals surface area contributed by atoms with E-state index in [9.17, 15) is 0 Å². The van der Waals surface area contributed by atoms with Crippen molar-refractivity contribution in [2.45, 2.75) is 38.5 Å². The first kappa shape index (κ1) is 19.8. The van der Waals surface area contributed by atoms with Crippen molar-refractivity contribution in [3.8, 4) is 11.5 Å². The van der Waals surface area contributed by atoms with Gasteiger partial charge in [-0.15, -0.1) is 0 Å². The Morgan fingerprint density at radius 3 is 1.66 bits per heavy atom. The van der Waals surface area contributed by atoms with E-state index in [1.165, 1.54) is 33.4 Å². The summed E-state index contributed by atoms with van der Waals surface area (Å²) in [5, 5.41) is 3.65. The molecule has 2 aliphatic carbocycles. The maximum absolute atomic E-state index is 5.43. The molecule has 2 aliphatic rings. The summed E-state index contributed by atoms with van der Waals surface area (Å²) in [4.78, 5) is 0. The molecule has 0 spiro atoms. The maximum atomic E-state index is 5.43. The summed E-state index contributed by atoms with van der Waals surface area (Å²) < 4.78 is 10.9. The molecule has 0 saturated heterocycles. The number of hydrogen-bond acceptors (Lipinski definition) is 3. The molecule has 0 saturated carbocycles. The molecule has 0 aliphatic heterocycles. The molecule has 0 aromatic heterocycles. The second-order valence-electron chi connectivity index (χ2n) is 7.83. The first-order valence-corrected chi connectivity index (χ1v) is 10.7. The van der Waals surface area contributed by atoms with Gasteiger partial charge in [-0.2, -0.15) is 0 Å². The Bertz CT molecular complexity index is 851. The highest BCUT2D eigenvalue weighted by Crippen LogP contribution is 2.32. The Labute approximate surface area is 174 Å². The molecule has 2 aromatic rings. The van der Waals surface area contributed by atoms with Crippen LogP contribution in [0, 0.1) is 0 Å². The van der Waals surface area contributed by atoms with Gasteiger partial charge in [-0.1, -0.05) is 24.3 Å². The number of ether oxygens (including phenoxy) is 2. The third-order valence-corrected chi connectivity index (χ3v) is 6.08. The smallest absolute Gasteiger partial charge is 0.119 e. The number of hydrogen-bond donors (Lipinski definition) is 1. The van der Waals surface area contributed by atoms with Crippen molar-refractivity contribution in [1.82, 2.24) is 5.32 Å².